The standard InChI is InChI=1S/C31H27BrN4O10S/c32-15-24(38)27(30(41)45-16-20-10-12-22(13-11-20)36(43)44)35-28(40)26(29(35)47-18-37)34-25(39)14-21-8-4-5-9-23(21)33-31(42)46-17-19-6-2-1-3-7-19/h1-13,18,26,29,38H,14-17H2,(H,33,42)(H,34,39)/b27-24+. The van der Waals surface area contributed by atoms with Crippen molar-refractivity contribution in [2.45, 2.75) is 31.1 Å². The Bertz CT molecular complexity index is 1690. The molecule has 0 bridgehead atoms. The van der Waals surface area contributed by atoms with Gasteiger partial charge in [0.15, 0.2) is 11.3 Å². The summed E-state index contributed by atoms with van der Waals surface area (Å²) < 4.78 is 10.5. The van der Waals surface area contributed by atoms with Gasteiger partial charge in [-0.1, -0.05) is 76.2 Å². The second-order valence-corrected chi connectivity index (χ2v) is 11.3. The van der Waals surface area contributed by atoms with Crippen LogP contribution in [-0.4, -0.2) is 61.2 Å². The number of anilines is 1. The van der Waals surface area contributed by atoms with Gasteiger partial charge in [0.1, 0.15) is 30.4 Å². The molecule has 1 aliphatic rings. The number of rotatable bonds is 14. The number of alkyl halides is 1. The summed E-state index contributed by atoms with van der Waals surface area (Å²) in [5.41, 5.74) is 1.64. The molecule has 16 heteroatoms. The molecule has 0 radical (unpaired) electrons. The molecule has 47 heavy (non-hydrogen) atoms. The van der Waals surface area contributed by atoms with Crippen molar-refractivity contribution in [3.63, 3.8) is 0 Å². The van der Waals surface area contributed by atoms with Gasteiger partial charge < -0.3 is 19.9 Å². The SMILES string of the molecule is O=CSC1C(NC(=O)Cc2ccccc2NC(=O)OCc2ccccc2)C(=O)N1/C(C(=O)OCc1ccc([N+](=O)[O-])cc1)=C(/O)CBr. The Morgan fingerprint density at radius 1 is 0.979 bits per heavy atom. The molecule has 3 aromatic carbocycles. The highest BCUT2D eigenvalue weighted by Crippen LogP contribution is 2.34. The third-order valence-corrected chi connectivity index (χ3v) is 8.13. The van der Waals surface area contributed by atoms with E-state index in [1.54, 1.807) is 36.4 Å². The summed E-state index contributed by atoms with van der Waals surface area (Å²) in [5, 5.41) is 25.2. The molecule has 1 fully saturated rings. The van der Waals surface area contributed by atoms with E-state index in [4.69, 9.17) is 9.47 Å². The number of carbonyl (C=O) groups excluding carboxylic acids is 5. The number of thioether (sulfide) groups is 1. The van der Waals surface area contributed by atoms with E-state index in [0.29, 0.717) is 34.2 Å². The molecular weight excluding hydrogens is 700 g/mol. The first kappa shape index (κ1) is 34.6. The number of β-lactam (4-membered cyclic amide) rings is 1. The van der Waals surface area contributed by atoms with Crippen molar-refractivity contribution in [1.29, 1.82) is 0 Å². The van der Waals surface area contributed by atoms with E-state index >= 15 is 0 Å². The number of non-ortho nitro benzene ring substituents is 1. The Hall–Kier alpha value is -5.22. The van der Waals surface area contributed by atoms with Gasteiger partial charge in [-0.25, -0.2) is 9.59 Å². The molecule has 2 unspecified atom stereocenters. The summed E-state index contributed by atoms with van der Waals surface area (Å²) >= 11 is 3.63. The minimum atomic E-state index is -1.24. The average molecular weight is 728 g/mol. The van der Waals surface area contributed by atoms with E-state index in [-0.39, 0.29) is 30.7 Å². The first-order valence-electron chi connectivity index (χ1n) is 13.8. The Morgan fingerprint density at radius 2 is 1.62 bits per heavy atom. The summed E-state index contributed by atoms with van der Waals surface area (Å²) in [4.78, 5) is 74.4. The zero-order valence-corrected chi connectivity index (χ0v) is 26.8. The molecule has 3 N–H and O–H groups in total. The number of aliphatic hydroxyl groups excluding tert-OH is 1. The lowest BCUT2D eigenvalue weighted by molar-refractivity contribution is -0.384. The molecule has 2 atom stereocenters. The number of ether oxygens (including phenoxy) is 2. The first-order valence-corrected chi connectivity index (χ1v) is 15.8. The van der Waals surface area contributed by atoms with Crippen molar-refractivity contribution in [3.8, 4) is 0 Å². The van der Waals surface area contributed by atoms with Crippen LogP contribution in [0.2, 0.25) is 0 Å². The van der Waals surface area contributed by atoms with Crippen LogP contribution < -0.4 is 10.6 Å². The number of nitro benzene ring substituents is 1. The fraction of sp³-hybridized carbons (Fsp3) is 0.194. The number of nitro groups is 1. The monoisotopic (exact) mass is 726 g/mol. The quantitative estimate of drug-likeness (QED) is 0.0312. The smallest absolute Gasteiger partial charge is 0.411 e. The first-order chi connectivity index (χ1) is 22.6. The Labute approximate surface area is 280 Å². The molecule has 0 spiro atoms. The van der Waals surface area contributed by atoms with Crippen molar-refractivity contribution in [2.75, 3.05) is 10.6 Å². The predicted molar refractivity (Wildman–Crippen MR) is 174 cm³/mol. The van der Waals surface area contributed by atoms with Gasteiger partial charge in [-0.3, -0.25) is 34.7 Å². The summed E-state index contributed by atoms with van der Waals surface area (Å²) in [5.74, 6) is -3.08. The van der Waals surface area contributed by atoms with Crippen LogP contribution in [0.15, 0.2) is 90.3 Å². The normalized spacial score (nSPS) is 15.9. The van der Waals surface area contributed by atoms with Crippen LogP contribution in [0.25, 0.3) is 0 Å². The second kappa shape index (κ2) is 16.4. The van der Waals surface area contributed by atoms with Crippen LogP contribution in [-0.2, 0) is 48.3 Å². The number of esters is 1. The zero-order valence-electron chi connectivity index (χ0n) is 24.4. The number of nitrogens with one attached hydrogen (secondary N) is 2. The summed E-state index contributed by atoms with van der Waals surface area (Å²) in [7, 11) is 0. The summed E-state index contributed by atoms with van der Waals surface area (Å²) in [6.45, 7) is -0.298. The van der Waals surface area contributed by atoms with Crippen molar-refractivity contribution in [3.05, 3.63) is 117 Å². The van der Waals surface area contributed by atoms with Crippen LogP contribution in [0, 0.1) is 10.1 Å². The van der Waals surface area contributed by atoms with Gasteiger partial charge in [-0.05, 0) is 34.9 Å². The number of aliphatic hydroxyl groups is 1. The number of carbonyl (C=O) groups is 5. The molecule has 3 aromatic rings. The van der Waals surface area contributed by atoms with Gasteiger partial charge in [0.2, 0.25) is 5.91 Å². The maximum Gasteiger partial charge on any atom is 0.411 e. The van der Waals surface area contributed by atoms with Crippen LogP contribution in [0.1, 0.15) is 16.7 Å². The van der Waals surface area contributed by atoms with E-state index in [9.17, 15) is 39.2 Å². The molecule has 0 aliphatic carbocycles. The van der Waals surface area contributed by atoms with Crippen molar-refractivity contribution < 1.29 is 43.5 Å². The van der Waals surface area contributed by atoms with Crippen molar-refractivity contribution in [1.82, 2.24) is 10.2 Å². The number of benzene rings is 3. The Morgan fingerprint density at radius 3 is 2.28 bits per heavy atom. The second-order valence-electron chi connectivity index (χ2n) is 9.83. The van der Waals surface area contributed by atoms with Crippen LogP contribution in [0.4, 0.5) is 16.2 Å². The number of para-hydroxylation sites is 1. The molecule has 244 valence electrons. The van der Waals surface area contributed by atoms with E-state index in [2.05, 4.69) is 26.6 Å². The average Bonchev–Trinajstić information content (AvgIpc) is 3.08. The van der Waals surface area contributed by atoms with Crippen LogP contribution in [0.5, 0.6) is 0 Å². The third-order valence-electron chi connectivity index (χ3n) is 6.72. The number of hydrogen-bond donors (Lipinski definition) is 3. The van der Waals surface area contributed by atoms with Gasteiger partial charge in [0.05, 0.1) is 16.7 Å². The van der Waals surface area contributed by atoms with E-state index in [1.165, 1.54) is 24.3 Å². The topological polar surface area (TPSA) is 194 Å². The maximum atomic E-state index is 13.3. The molecule has 0 aromatic heterocycles. The van der Waals surface area contributed by atoms with Crippen molar-refractivity contribution >= 4 is 68.6 Å². The number of halogens is 1. The van der Waals surface area contributed by atoms with Crippen LogP contribution in [0.3, 0.4) is 0 Å². The number of amides is 3. The fourth-order valence-electron chi connectivity index (χ4n) is 4.44. The molecule has 14 nitrogen and oxygen atoms in total. The lowest BCUT2D eigenvalue weighted by Gasteiger charge is -2.45. The largest absolute Gasteiger partial charge is 0.509 e. The van der Waals surface area contributed by atoms with Crippen molar-refractivity contribution in [2.24, 2.45) is 0 Å². The minimum Gasteiger partial charge on any atom is -0.509 e. The van der Waals surface area contributed by atoms with Gasteiger partial charge in [0.25, 0.3) is 11.6 Å². The molecule has 1 saturated heterocycles. The van der Waals surface area contributed by atoms with E-state index < -0.39 is 51.7 Å². The molecular formula is C31H27BrN4O10S. The fourth-order valence-corrected chi connectivity index (χ4v) is 5.50. The highest BCUT2D eigenvalue weighted by atomic mass is 79.9. The highest BCUT2D eigenvalue weighted by molar-refractivity contribution is 9.09. The molecule has 0 saturated carbocycles. The van der Waals surface area contributed by atoms with Gasteiger partial charge in [0, 0.05) is 17.8 Å². The lowest BCUT2D eigenvalue weighted by Crippen LogP contribution is -2.69. The van der Waals surface area contributed by atoms with Gasteiger partial charge in [-0.15, -0.1) is 0 Å². The molecule has 4 rings (SSSR count). The number of nitrogens with zero attached hydrogens (tertiary/aromatic N) is 2. The van der Waals surface area contributed by atoms with E-state index in [0.717, 1.165) is 10.5 Å². The predicted octanol–water partition coefficient (Wildman–Crippen LogP) is 4.37. The Balaban J connectivity index is 1.40. The highest BCUT2D eigenvalue weighted by Gasteiger charge is 2.53. The van der Waals surface area contributed by atoms with E-state index in [1.807, 2.05) is 18.2 Å². The number of allylic oxidation sites excluding steroid dienone is 1. The molecule has 1 heterocycles. The molecule has 3 amide bonds. The summed E-state index contributed by atoms with van der Waals surface area (Å²) in [6.07, 6.45) is -0.996. The lowest BCUT2D eigenvalue weighted by atomic mass is 10.0. The van der Waals surface area contributed by atoms with Gasteiger partial charge >= 0.3 is 12.1 Å². The zero-order chi connectivity index (χ0) is 33.9. The number of hydrogen-bond acceptors (Lipinski definition) is 11. The number of likely N-dealkylation sites (tertiary alicyclic amines) is 1. The van der Waals surface area contributed by atoms with Crippen LogP contribution >= 0.6 is 27.7 Å². The minimum absolute atomic E-state index is 0.0387. The summed E-state index contributed by atoms with van der Waals surface area (Å²) in [6, 6.07) is 19.5. The molecule has 1 aliphatic heterocycles. The Kier molecular flexibility index (Phi) is 12.1. The third kappa shape index (κ3) is 8.95. The van der Waals surface area contributed by atoms with Gasteiger partial charge in [-0.2, -0.15) is 0 Å². The maximum absolute atomic E-state index is 13.3.